The van der Waals surface area contributed by atoms with Crippen LogP contribution in [0.5, 0.6) is 0 Å². The molecule has 3 heteroatoms. The second kappa shape index (κ2) is 5.17. The van der Waals surface area contributed by atoms with E-state index in [0.717, 1.165) is 17.7 Å². The van der Waals surface area contributed by atoms with Gasteiger partial charge in [0.1, 0.15) is 5.76 Å². The Morgan fingerprint density at radius 2 is 2.06 bits per heavy atom. The number of hydrogen-bond acceptors (Lipinski definition) is 3. The molecule has 2 aromatic rings. The Kier molecular flexibility index (Phi) is 3.61. The van der Waals surface area contributed by atoms with Gasteiger partial charge >= 0.3 is 0 Å². The predicted molar refractivity (Wildman–Crippen MR) is 68.4 cm³/mol. The van der Waals surface area contributed by atoms with Crippen molar-refractivity contribution in [1.82, 2.24) is 5.43 Å². The van der Waals surface area contributed by atoms with Crippen LogP contribution in [0.3, 0.4) is 0 Å². The minimum absolute atomic E-state index is 0.0912. The molecule has 0 fully saturated rings. The van der Waals surface area contributed by atoms with E-state index in [4.69, 9.17) is 10.3 Å². The molecule has 3 N–H and O–H groups in total. The smallest absolute Gasteiger partial charge is 0.101 e. The summed E-state index contributed by atoms with van der Waals surface area (Å²) >= 11 is 0. The van der Waals surface area contributed by atoms with E-state index in [1.165, 1.54) is 11.1 Å². The van der Waals surface area contributed by atoms with Gasteiger partial charge in [0.15, 0.2) is 0 Å². The number of benzene rings is 1. The molecule has 0 bridgehead atoms. The molecule has 3 nitrogen and oxygen atoms in total. The normalized spacial score (nSPS) is 12.6. The fraction of sp³-hybridized carbons (Fsp3) is 0.286. The van der Waals surface area contributed by atoms with Gasteiger partial charge in [-0.3, -0.25) is 11.3 Å². The van der Waals surface area contributed by atoms with E-state index in [2.05, 4.69) is 30.5 Å². The highest BCUT2D eigenvalue weighted by atomic mass is 16.3. The van der Waals surface area contributed by atoms with Crippen LogP contribution in [0.4, 0.5) is 0 Å². The molecule has 0 spiro atoms. The van der Waals surface area contributed by atoms with Crippen molar-refractivity contribution in [3.8, 4) is 0 Å². The predicted octanol–water partition coefficient (Wildman–Crippen LogP) is 2.64. The van der Waals surface area contributed by atoms with Gasteiger partial charge in [-0.2, -0.15) is 0 Å². The maximum atomic E-state index is 5.62. The highest BCUT2D eigenvalue weighted by Crippen LogP contribution is 2.21. The molecular formula is C14H18N2O. The minimum Gasteiger partial charge on any atom is -0.469 e. The Hall–Kier alpha value is -1.58. The van der Waals surface area contributed by atoms with Gasteiger partial charge in [0.05, 0.1) is 12.3 Å². The molecule has 1 atom stereocenters. The second-order valence-electron chi connectivity index (χ2n) is 4.34. The zero-order valence-corrected chi connectivity index (χ0v) is 10.2. The van der Waals surface area contributed by atoms with Crippen molar-refractivity contribution in [2.45, 2.75) is 26.3 Å². The lowest BCUT2D eigenvalue weighted by Crippen LogP contribution is -2.29. The lowest BCUT2D eigenvalue weighted by molar-refractivity contribution is 0.511. The minimum atomic E-state index is 0.0912. The van der Waals surface area contributed by atoms with Crippen LogP contribution in [0.1, 0.15) is 28.5 Å². The van der Waals surface area contributed by atoms with Crippen LogP contribution in [0.15, 0.2) is 41.0 Å². The Labute approximate surface area is 102 Å². The van der Waals surface area contributed by atoms with Gasteiger partial charge in [-0.25, -0.2) is 0 Å². The maximum absolute atomic E-state index is 5.62. The first-order chi connectivity index (χ1) is 8.20. The number of nitrogens with two attached hydrogens (primary N) is 1. The summed E-state index contributed by atoms with van der Waals surface area (Å²) in [7, 11) is 0. The molecule has 1 aromatic heterocycles. The fourth-order valence-electron chi connectivity index (χ4n) is 1.98. The summed E-state index contributed by atoms with van der Waals surface area (Å²) < 4.78 is 5.32. The standard InChI is InChI=1S/C14H18N2O/c1-10-5-3-4-6-12(10)8-14(16-15)13-7-11(2)17-9-13/h3-7,9,14,16H,8,15H2,1-2H3. The summed E-state index contributed by atoms with van der Waals surface area (Å²) in [6.07, 6.45) is 2.63. The molecule has 0 radical (unpaired) electrons. The molecule has 0 aliphatic heterocycles. The summed E-state index contributed by atoms with van der Waals surface area (Å²) in [6, 6.07) is 10.5. The lowest BCUT2D eigenvalue weighted by Gasteiger charge is -2.15. The first-order valence-electron chi connectivity index (χ1n) is 5.76. The van der Waals surface area contributed by atoms with Crippen molar-refractivity contribution in [3.05, 3.63) is 59.0 Å². The molecule has 0 aliphatic carbocycles. The zero-order chi connectivity index (χ0) is 12.3. The van der Waals surface area contributed by atoms with E-state index in [1.807, 2.05) is 19.1 Å². The largest absolute Gasteiger partial charge is 0.469 e. The van der Waals surface area contributed by atoms with E-state index in [0.29, 0.717) is 0 Å². The van der Waals surface area contributed by atoms with Crippen LogP contribution in [-0.4, -0.2) is 0 Å². The SMILES string of the molecule is Cc1cc(C(Cc2ccccc2C)NN)co1. The van der Waals surface area contributed by atoms with Gasteiger partial charge in [-0.15, -0.1) is 0 Å². The molecule has 2 rings (SSSR count). The van der Waals surface area contributed by atoms with Crippen LogP contribution in [0.2, 0.25) is 0 Å². The third-order valence-electron chi connectivity index (χ3n) is 3.04. The van der Waals surface area contributed by atoms with Crippen molar-refractivity contribution in [3.63, 3.8) is 0 Å². The number of hydrogen-bond donors (Lipinski definition) is 2. The molecule has 0 saturated carbocycles. The monoisotopic (exact) mass is 230 g/mol. The average molecular weight is 230 g/mol. The molecule has 1 aromatic carbocycles. The number of aryl methyl sites for hydroxylation is 2. The first kappa shape index (κ1) is 11.9. The van der Waals surface area contributed by atoms with Gasteiger partial charge in [-0.1, -0.05) is 24.3 Å². The zero-order valence-electron chi connectivity index (χ0n) is 10.2. The van der Waals surface area contributed by atoms with E-state index < -0.39 is 0 Å². The highest BCUT2D eigenvalue weighted by Gasteiger charge is 2.13. The molecule has 0 amide bonds. The Bertz CT molecular complexity index is 490. The fourth-order valence-corrected chi connectivity index (χ4v) is 1.98. The summed E-state index contributed by atoms with van der Waals surface area (Å²) in [5.74, 6) is 6.53. The van der Waals surface area contributed by atoms with Crippen LogP contribution in [0.25, 0.3) is 0 Å². The molecule has 0 saturated heterocycles. The van der Waals surface area contributed by atoms with Crippen LogP contribution < -0.4 is 11.3 Å². The molecule has 0 aliphatic rings. The topological polar surface area (TPSA) is 51.2 Å². The third-order valence-corrected chi connectivity index (χ3v) is 3.04. The number of furan rings is 1. The molecule has 1 unspecified atom stereocenters. The van der Waals surface area contributed by atoms with Crippen molar-refractivity contribution in [1.29, 1.82) is 0 Å². The van der Waals surface area contributed by atoms with E-state index in [9.17, 15) is 0 Å². The third kappa shape index (κ3) is 2.75. The Morgan fingerprint density at radius 3 is 2.65 bits per heavy atom. The van der Waals surface area contributed by atoms with Crippen LogP contribution in [0, 0.1) is 13.8 Å². The summed E-state index contributed by atoms with van der Waals surface area (Å²) in [6.45, 7) is 4.05. The van der Waals surface area contributed by atoms with Gasteiger partial charge in [-0.05, 0) is 37.5 Å². The number of hydrazine groups is 1. The second-order valence-corrected chi connectivity index (χ2v) is 4.34. The average Bonchev–Trinajstić information content (AvgIpc) is 2.75. The van der Waals surface area contributed by atoms with Crippen LogP contribution >= 0.6 is 0 Å². The highest BCUT2D eigenvalue weighted by molar-refractivity contribution is 5.28. The Morgan fingerprint density at radius 1 is 1.29 bits per heavy atom. The van der Waals surface area contributed by atoms with Gasteiger partial charge < -0.3 is 4.42 Å². The maximum Gasteiger partial charge on any atom is 0.101 e. The Balaban J connectivity index is 2.18. The molecular weight excluding hydrogens is 212 g/mol. The summed E-state index contributed by atoms with van der Waals surface area (Å²) in [5, 5.41) is 0. The molecule has 1 heterocycles. The van der Waals surface area contributed by atoms with Gasteiger partial charge in [0.25, 0.3) is 0 Å². The molecule has 17 heavy (non-hydrogen) atoms. The van der Waals surface area contributed by atoms with Gasteiger partial charge in [0, 0.05) is 5.56 Å². The van der Waals surface area contributed by atoms with Crippen molar-refractivity contribution >= 4 is 0 Å². The van der Waals surface area contributed by atoms with Crippen LogP contribution in [-0.2, 0) is 6.42 Å². The van der Waals surface area contributed by atoms with E-state index in [-0.39, 0.29) is 6.04 Å². The van der Waals surface area contributed by atoms with Crippen molar-refractivity contribution in [2.75, 3.05) is 0 Å². The van der Waals surface area contributed by atoms with Crippen molar-refractivity contribution < 1.29 is 4.42 Å². The van der Waals surface area contributed by atoms with E-state index in [1.54, 1.807) is 6.26 Å². The van der Waals surface area contributed by atoms with Gasteiger partial charge in [0.2, 0.25) is 0 Å². The number of nitrogens with one attached hydrogen (secondary N) is 1. The van der Waals surface area contributed by atoms with E-state index >= 15 is 0 Å². The number of rotatable bonds is 4. The first-order valence-corrected chi connectivity index (χ1v) is 5.76. The molecule has 90 valence electrons. The lowest BCUT2D eigenvalue weighted by atomic mass is 9.98. The summed E-state index contributed by atoms with van der Waals surface area (Å²) in [5.41, 5.74) is 6.52. The summed E-state index contributed by atoms with van der Waals surface area (Å²) in [4.78, 5) is 0. The quantitative estimate of drug-likeness (QED) is 0.627. The van der Waals surface area contributed by atoms with Crippen molar-refractivity contribution in [2.24, 2.45) is 5.84 Å².